The van der Waals surface area contributed by atoms with Crippen LogP contribution in [0.1, 0.15) is 17.5 Å². The average Bonchev–Trinajstić information content (AvgIpc) is 2.55. The van der Waals surface area contributed by atoms with Crippen LogP contribution in [-0.4, -0.2) is 11.7 Å². The van der Waals surface area contributed by atoms with E-state index in [1.54, 1.807) is 12.1 Å². The van der Waals surface area contributed by atoms with Crippen molar-refractivity contribution in [2.45, 2.75) is 19.3 Å². The molecule has 0 spiro atoms. The number of hydrogen-bond donors (Lipinski definition) is 2. The highest BCUT2D eigenvalue weighted by Gasteiger charge is 1.99. The second kappa shape index (κ2) is 8.86. The maximum atomic E-state index is 12.8. The molecule has 0 aliphatic carbocycles. The van der Waals surface area contributed by atoms with E-state index in [-0.39, 0.29) is 5.82 Å². The molecule has 0 heterocycles. The van der Waals surface area contributed by atoms with E-state index >= 15 is 0 Å². The van der Waals surface area contributed by atoms with Crippen molar-refractivity contribution in [2.24, 2.45) is 0 Å². The lowest BCUT2D eigenvalue weighted by molar-refractivity contribution is 0.626. The van der Waals surface area contributed by atoms with Gasteiger partial charge >= 0.3 is 0 Å². The van der Waals surface area contributed by atoms with Gasteiger partial charge in [-0.05, 0) is 60.5 Å². The summed E-state index contributed by atoms with van der Waals surface area (Å²) in [5, 5.41) is 15.5. The maximum Gasteiger partial charge on any atom is 0.170 e. The van der Waals surface area contributed by atoms with Crippen molar-refractivity contribution in [1.29, 1.82) is 5.26 Å². The summed E-state index contributed by atoms with van der Waals surface area (Å²) in [6.45, 7) is 0.746. The van der Waals surface area contributed by atoms with Gasteiger partial charge in [-0.15, -0.1) is 0 Å². The summed E-state index contributed by atoms with van der Waals surface area (Å²) in [4.78, 5) is 0. The van der Waals surface area contributed by atoms with Crippen LogP contribution in [0.3, 0.4) is 0 Å². The zero-order chi connectivity index (χ0) is 16.5. The Hall–Kier alpha value is -2.45. The van der Waals surface area contributed by atoms with Gasteiger partial charge in [0.1, 0.15) is 5.82 Å². The minimum atomic E-state index is -0.210. The molecule has 0 saturated heterocycles. The molecule has 3 nitrogen and oxygen atoms in total. The molecular weight excluding hydrogens is 309 g/mol. The summed E-state index contributed by atoms with van der Waals surface area (Å²) in [6.07, 6.45) is 2.19. The average molecular weight is 327 g/mol. The molecule has 5 heteroatoms. The van der Waals surface area contributed by atoms with Crippen LogP contribution in [0.5, 0.6) is 0 Å². The van der Waals surface area contributed by atoms with Crippen LogP contribution in [0.15, 0.2) is 48.5 Å². The third-order valence-corrected chi connectivity index (χ3v) is 3.58. The first-order valence-electron chi connectivity index (χ1n) is 7.42. The van der Waals surface area contributed by atoms with Gasteiger partial charge in [0.05, 0.1) is 12.5 Å². The summed E-state index contributed by atoms with van der Waals surface area (Å²) in [5.74, 6) is -0.210. The number of benzene rings is 2. The number of hydrogen-bond acceptors (Lipinski definition) is 2. The molecule has 0 saturated carbocycles. The highest BCUT2D eigenvalue weighted by Crippen LogP contribution is 2.10. The second-order valence-corrected chi connectivity index (χ2v) is 5.55. The van der Waals surface area contributed by atoms with Crippen molar-refractivity contribution in [1.82, 2.24) is 5.32 Å². The van der Waals surface area contributed by atoms with Gasteiger partial charge in [-0.25, -0.2) is 4.39 Å². The van der Waals surface area contributed by atoms with Gasteiger partial charge < -0.3 is 10.6 Å². The number of anilines is 1. The fraction of sp³-hybridized carbons (Fsp3) is 0.222. The predicted octanol–water partition coefficient (Wildman–Crippen LogP) is 3.81. The zero-order valence-corrected chi connectivity index (χ0v) is 13.5. The Morgan fingerprint density at radius 1 is 1.04 bits per heavy atom. The number of thiocarbonyl (C=S) groups is 1. The number of nitrogens with one attached hydrogen (secondary N) is 2. The largest absolute Gasteiger partial charge is 0.362 e. The van der Waals surface area contributed by atoms with Crippen molar-refractivity contribution in [3.8, 4) is 6.07 Å². The summed E-state index contributed by atoms with van der Waals surface area (Å²) in [5.41, 5.74) is 2.99. The van der Waals surface area contributed by atoms with Crippen molar-refractivity contribution in [3.63, 3.8) is 0 Å². The van der Waals surface area contributed by atoms with Crippen LogP contribution in [-0.2, 0) is 12.8 Å². The first-order valence-corrected chi connectivity index (χ1v) is 7.83. The molecule has 0 aliphatic rings. The van der Waals surface area contributed by atoms with Gasteiger partial charge in [0.2, 0.25) is 0 Å². The van der Waals surface area contributed by atoms with E-state index in [1.807, 2.05) is 24.3 Å². The zero-order valence-electron chi connectivity index (χ0n) is 12.7. The predicted molar refractivity (Wildman–Crippen MR) is 94.7 cm³/mol. The van der Waals surface area contributed by atoms with Crippen molar-refractivity contribution < 1.29 is 4.39 Å². The fourth-order valence-electron chi connectivity index (χ4n) is 2.12. The summed E-state index contributed by atoms with van der Waals surface area (Å²) >= 11 is 5.24. The topological polar surface area (TPSA) is 47.9 Å². The molecular formula is C18H18FN3S. The van der Waals surface area contributed by atoms with Crippen LogP contribution in [0.25, 0.3) is 0 Å². The van der Waals surface area contributed by atoms with E-state index in [0.717, 1.165) is 36.2 Å². The lowest BCUT2D eigenvalue weighted by Crippen LogP contribution is -2.29. The fourth-order valence-corrected chi connectivity index (χ4v) is 2.34. The highest BCUT2D eigenvalue weighted by atomic mass is 32.1. The molecule has 0 unspecified atom stereocenters. The SMILES string of the molecule is N#CCc1ccc(NC(=S)NCCCc2ccc(F)cc2)cc1. The Morgan fingerprint density at radius 2 is 1.70 bits per heavy atom. The third kappa shape index (κ3) is 6.05. The van der Waals surface area contributed by atoms with E-state index in [2.05, 4.69) is 16.7 Å². The van der Waals surface area contributed by atoms with Crippen LogP contribution in [0, 0.1) is 17.1 Å². The molecule has 0 radical (unpaired) electrons. The Labute approximate surface area is 141 Å². The molecule has 2 rings (SSSR count). The van der Waals surface area contributed by atoms with Crippen LogP contribution >= 0.6 is 12.2 Å². The monoisotopic (exact) mass is 327 g/mol. The Kier molecular flexibility index (Phi) is 6.52. The number of halogens is 1. The second-order valence-electron chi connectivity index (χ2n) is 5.14. The van der Waals surface area contributed by atoms with Crippen molar-refractivity contribution in [2.75, 3.05) is 11.9 Å². The van der Waals surface area contributed by atoms with Gasteiger partial charge in [0.15, 0.2) is 5.11 Å². The number of nitriles is 1. The maximum absolute atomic E-state index is 12.8. The van der Waals surface area contributed by atoms with E-state index in [9.17, 15) is 4.39 Å². The van der Waals surface area contributed by atoms with Gasteiger partial charge in [0, 0.05) is 12.2 Å². The number of nitrogens with zero attached hydrogens (tertiary/aromatic N) is 1. The van der Waals surface area contributed by atoms with Gasteiger partial charge in [-0.2, -0.15) is 5.26 Å². The molecule has 0 atom stereocenters. The molecule has 0 bridgehead atoms. The molecule has 23 heavy (non-hydrogen) atoms. The Bertz CT molecular complexity index is 675. The van der Waals surface area contributed by atoms with E-state index in [0.29, 0.717) is 11.5 Å². The van der Waals surface area contributed by atoms with Gasteiger partial charge in [0.25, 0.3) is 0 Å². The quantitative estimate of drug-likeness (QED) is 0.626. The summed E-state index contributed by atoms with van der Waals surface area (Å²) in [7, 11) is 0. The lowest BCUT2D eigenvalue weighted by atomic mass is 10.1. The highest BCUT2D eigenvalue weighted by molar-refractivity contribution is 7.80. The van der Waals surface area contributed by atoms with Crippen molar-refractivity contribution >= 4 is 23.0 Å². The first-order chi connectivity index (χ1) is 11.2. The van der Waals surface area contributed by atoms with E-state index in [4.69, 9.17) is 17.5 Å². The number of aryl methyl sites for hydroxylation is 1. The summed E-state index contributed by atoms with van der Waals surface area (Å²) < 4.78 is 12.8. The molecule has 118 valence electrons. The molecule has 0 aromatic heterocycles. The minimum absolute atomic E-state index is 0.210. The molecule has 0 fully saturated rings. The molecule has 0 aliphatic heterocycles. The van der Waals surface area contributed by atoms with E-state index < -0.39 is 0 Å². The van der Waals surface area contributed by atoms with Gasteiger partial charge in [-0.3, -0.25) is 0 Å². The van der Waals surface area contributed by atoms with Crippen LogP contribution in [0.2, 0.25) is 0 Å². The number of rotatable bonds is 6. The minimum Gasteiger partial charge on any atom is -0.362 e. The van der Waals surface area contributed by atoms with Crippen LogP contribution < -0.4 is 10.6 Å². The van der Waals surface area contributed by atoms with Crippen LogP contribution in [0.4, 0.5) is 10.1 Å². The first kappa shape index (κ1) is 16.9. The third-order valence-electron chi connectivity index (χ3n) is 3.34. The molecule has 2 N–H and O–H groups in total. The Balaban J connectivity index is 1.68. The lowest BCUT2D eigenvalue weighted by Gasteiger charge is -2.10. The Morgan fingerprint density at radius 3 is 2.35 bits per heavy atom. The standard InChI is InChI=1S/C18H18FN3S/c19-16-7-3-14(4-8-16)2-1-13-21-18(23)22-17-9-5-15(6-10-17)11-12-20/h3-10H,1-2,11,13H2,(H2,21,22,23). The smallest absolute Gasteiger partial charge is 0.170 e. The van der Waals surface area contributed by atoms with Gasteiger partial charge in [-0.1, -0.05) is 24.3 Å². The molecule has 2 aromatic rings. The summed E-state index contributed by atoms with van der Waals surface area (Å²) in [6, 6.07) is 16.3. The normalized spacial score (nSPS) is 9.91. The molecule has 0 amide bonds. The molecule has 2 aromatic carbocycles. The van der Waals surface area contributed by atoms with E-state index in [1.165, 1.54) is 12.1 Å². The van der Waals surface area contributed by atoms with Crippen molar-refractivity contribution in [3.05, 3.63) is 65.5 Å².